The Morgan fingerprint density at radius 1 is 1.18 bits per heavy atom. The molecule has 0 bridgehead atoms. The average Bonchev–Trinajstić information content (AvgIpc) is 2.78. The number of nitrogens with zero attached hydrogens (tertiary/aromatic N) is 2. The molecule has 0 fully saturated rings. The topological polar surface area (TPSA) is 46.4 Å². The number of hydrogen-bond acceptors (Lipinski definition) is 2. The summed E-state index contributed by atoms with van der Waals surface area (Å²) < 4.78 is 1.72. The number of rotatable bonds is 2. The highest BCUT2D eigenvalue weighted by Crippen LogP contribution is 2.20. The fraction of sp³-hybridized carbons (Fsp3) is 0.176. The van der Waals surface area contributed by atoms with Crippen LogP contribution in [0.5, 0.6) is 0 Å². The molecular formula is C17H16ClN3O. The molecule has 22 heavy (non-hydrogen) atoms. The minimum atomic E-state index is -0.194. The summed E-state index contributed by atoms with van der Waals surface area (Å²) in [6, 6.07) is 9.52. The van der Waals surface area contributed by atoms with E-state index in [4.69, 9.17) is 11.6 Å². The van der Waals surface area contributed by atoms with Gasteiger partial charge >= 0.3 is 0 Å². The van der Waals surface area contributed by atoms with Crippen molar-refractivity contribution in [2.45, 2.75) is 20.8 Å². The van der Waals surface area contributed by atoms with Crippen LogP contribution in [-0.2, 0) is 0 Å². The van der Waals surface area contributed by atoms with Crippen molar-refractivity contribution in [3.05, 3.63) is 64.1 Å². The smallest absolute Gasteiger partial charge is 0.274 e. The first-order valence-corrected chi connectivity index (χ1v) is 7.36. The van der Waals surface area contributed by atoms with E-state index in [1.54, 1.807) is 22.7 Å². The Labute approximate surface area is 133 Å². The average molecular weight is 314 g/mol. The molecule has 5 heteroatoms. The molecule has 0 saturated heterocycles. The van der Waals surface area contributed by atoms with Crippen LogP contribution in [0.15, 0.2) is 36.5 Å². The van der Waals surface area contributed by atoms with Gasteiger partial charge in [-0.05, 0) is 50.1 Å². The SMILES string of the molecule is Cc1ccc(C)c(NC(=O)c2c(C)nc3ccc(Cl)cn23)c1. The molecule has 0 aliphatic heterocycles. The van der Waals surface area contributed by atoms with Crippen molar-refractivity contribution in [2.24, 2.45) is 0 Å². The Bertz CT molecular complexity index is 883. The molecule has 0 atom stereocenters. The molecule has 2 heterocycles. The third-order valence-corrected chi connectivity index (χ3v) is 3.84. The Morgan fingerprint density at radius 3 is 2.73 bits per heavy atom. The summed E-state index contributed by atoms with van der Waals surface area (Å²) in [6.45, 7) is 5.78. The van der Waals surface area contributed by atoms with Crippen LogP contribution in [0.3, 0.4) is 0 Å². The van der Waals surface area contributed by atoms with Gasteiger partial charge in [0.05, 0.1) is 10.7 Å². The molecule has 0 saturated carbocycles. The summed E-state index contributed by atoms with van der Waals surface area (Å²) >= 11 is 6.03. The number of anilines is 1. The van der Waals surface area contributed by atoms with Gasteiger partial charge in [0.2, 0.25) is 0 Å². The first-order valence-electron chi connectivity index (χ1n) is 6.98. The second-order valence-electron chi connectivity index (χ2n) is 5.39. The van der Waals surface area contributed by atoms with E-state index < -0.39 is 0 Å². The van der Waals surface area contributed by atoms with Crippen molar-refractivity contribution >= 4 is 28.8 Å². The maximum absolute atomic E-state index is 12.7. The summed E-state index contributed by atoms with van der Waals surface area (Å²) in [5.74, 6) is -0.194. The first-order chi connectivity index (χ1) is 10.5. The van der Waals surface area contributed by atoms with Crippen LogP contribution in [0.4, 0.5) is 5.69 Å². The lowest BCUT2D eigenvalue weighted by atomic mass is 10.1. The second kappa shape index (κ2) is 5.46. The molecule has 112 valence electrons. The standard InChI is InChI=1S/C17H16ClN3O/c1-10-4-5-11(2)14(8-10)20-17(22)16-12(3)19-15-7-6-13(18)9-21(15)16/h4-9H,1-3H3,(H,20,22). The Morgan fingerprint density at radius 2 is 1.95 bits per heavy atom. The van der Waals surface area contributed by atoms with Gasteiger partial charge in [0, 0.05) is 11.9 Å². The number of hydrogen-bond donors (Lipinski definition) is 1. The van der Waals surface area contributed by atoms with Gasteiger partial charge < -0.3 is 5.32 Å². The predicted octanol–water partition coefficient (Wildman–Crippen LogP) is 4.17. The van der Waals surface area contributed by atoms with Crippen LogP contribution in [0.2, 0.25) is 5.02 Å². The molecule has 1 amide bonds. The van der Waals surface area contributed by atoms with Gasteiger partial charge in [-0.3, -0.25) is 9.20 Å². The molecule has 1 aromatic carbocycles. The van der Waals surface area contributed by atoms with Gasteiger partial charge in [0.15, 0.2) is 0 Å². The first kappa shape index (κ1) is 14.6. The van der Waals surface area contributed by atoms with Crippen molar-refractivity contribution in [2.75, 3.05) is 5.32 Å². The fourth-order valence-corrected chi connectivity index (χ4v) is 2.62. The van der Waals surface area contributed by atoms with Gasteiger partial charge in [0.25, 0.3) is 5.91 Å². The molecule has 0 aliphatic carbocycles. The molecule has 3 rings (SSSR count). The predicted molar refractivity (Wildman–Crippen MR) is 88.8 cm³/mol. The third-order valence-electron chi connectivity index (χ3n) is 3.61. The van der Waals surface area contributed by atoms with Crippen molar-refractivity contribution < 1.29 is 4.79 Å². The number of nitrogens with one attached hydrogen (secondary N) is 1. The van der Waals surface area contributed by atoms with E-state index in [2.05, 4.69) is 10.3 Å². The molecule has 1 N–H and O–H groups in total. The molecule has 0 unspecified atom stereocenters. The van der Waals surface area contributed by atoms with Gasteiger partial charge in [-0.25, -0.2) is 4.98 Å². The van der Waals surface area contributed by atoms with E-state index in [1.807, 2.05) is 39.0 Å². The number of aryl methyl sites for hydroxylation is 3. The zero-order valence-electron chi connectivity index (χ0n) is 12.6. The van der Waals surface area contributed by atoms with Crippen molar-refractivity contribution in [3.8, 4) is 0 Å². The lowest BCUT2D eigenvalue weighted by Crippen LogP contribution is -2.16. The van der Waals surface area contributed by atoms with Crippen molar-refractivity contribution in [3.63, 3.8) is 0 Å². The number of imidazole rings is 1. The van der Waals surface area contributed by atoms with Crippen LogP contribution < -0.4 is 5.32 Å². The van der Waals surface area contributed by atoms with Crippen LogP contribution in [0.25, 0.3) is 5.65 Å². The molecule has 2 aromatic heterocycles. The van der Waals surface area contributed by atoms with E-state index in [0.717, 1.165) is 16.8 Å². The Kier molecular flexibility index (Phi) is 3.62. The number of pyridine rings is 1. The number of carbonyl (C=O) groups is 1. The largest absolute Gasteiger partial charge is 0.320 e. The summed E-state index contributed by atoms with van der Waals surface area (Å²) in [4.78, 5) is 17.1. The number of benzene rings is 1. The maximum Gasteiger partial charge on any atom is 0.274 e. The lowest BCUT2D eigenvalue weighted by Gasteiger charge is -2.10. The number of amides is 1. The fourth-order valence-electron chi connectivity index (χ4n) is 2.46. The van der Waals surface area contributed by atoms with Crippen LogP contribution in [0.1, 0.15) is 27.3 Å². The Balaban J connectivity index is 2.04. The molecule has 3 aromatic rings. The van der Waals surface area contributed by atoms with E-state index >= 15 is 0 Å². The van der Waals surface area contributed by atoms with Crippen LogP contribution in [0, 0.1) is 20.8 Å². The summed E-state index contributed by atoms with van der Waals surface area (Å²) in [6.07, 6.45) is 1.70. The quantitative estimate of drug-likeness (QED) is 0.772. The summed E-state index contributed by atoms with van der Waals surface area (Å²) in [5, 5.41) is 3.52. The molecular weight excluding hydrogens is 298 g/mol. The number of carbonyl (C=O) groups excluding carboxylic acids is 1. The van der Waals surface area contributed by atoms with Crippen molar-refractivity contribution in [1.82, 2.24) is 9.38 Å². The van der Waals surface area contributed by atoms with Gasteiger partial charge in [-0.2, -0.15) is 0 Å². The molecule has 4 nitrogen and oxygen atoms in total. The van der Waals surface area contributed by atoms with Crippen LogP contribution in [-0.4, -0.2) is 15.3 Å². The molecule has 0 spiro atoms. The normalized spacial score (nSPS) is 10.9. The summed E-state index contributed by atoms with van der Waals surface area (Å²) in [7, 11) is 0. The van der Waals surface area contributed by atoms with Crippen LogP contribution >= 0.6 is 11.6 Å². The van der Waals surface area contributed by atoms with Crippen molar-refractivity contribution in [1.29, 1.82) is 0 Å². The minimum Gasteiger partial charge on any atom is -0.320 e. The van der Waals surface area contributed by atoms with Gasteiger partial charge in [0.1, 0.15) is 11.3 Å². The number of fused-ring (bicyclic) bond motifs is 1. The maximum atomic E-state index is 12.7. The highest BCUT2D eigenvalue weighted by molar-refractivity contribution is 6.30. The number of aromatic nitrogens is 2. The van der Waals surface area contributed by atoms with E-state index in [9.17, 15) is 4.79 Å². The highest BCUT2D eigenvalue weighted by atomic mass is 35.5. The summed E-state index contributed by atoms with van der Waals surface area (Å²) in [5.41, 5.74) is 4.79. The zero-order chi connectivity index (χ0) is 15.9. The third kappa shape index (κ3) is 2.57. The van der Waals surface area contributed by atoms with E-state index in [0.29, 0.717) is 22.1 Å². The molecule has 0 aliphatic rings. The lowest BCUT2D eigenvalue weighted by molar-refractivity contribution is 0.102. The number of halogens is 1. The monoisotopic (exact) mass is 313 g/mol. The second-order valence-corrected chi connectivity index (χ2v) is 5.83. The zero-order valence-corrected chi connectivity index (χ0v) is 13.4. The van der Waals surface area contributed by atoms with Gasteiger partial charge in [-0.1, -0.05) is 23.7 Å². The molecule has 0 radical (unpaired) electrons. The minimum absolute atomic E-state index is 0.194. The van der Waals surface area contributed by atoms with E-state index in [-0.39, 0.29) is 5.91 Å². The van der Waals surface area contributed by atoms with Gasteiger partial charge in [-0.15, -0.1) is 0 Å². The van der Waals surface area contributed by atoms with E-state index in [1.165, 1.54) is 0 Å². The Hall–Kier alpha value is -2.33. The highest BCUT2D eigenvalue weighted by Gasteiger charge is 2.17.